The highest BCUT2D eigenvalue weighted by molar-refractivity contribution is 7.75. The summed E-state index contributed by atoms with van der Waals surface area (Å²) in [5, 5.41) is 0. The van der Waals surface area contributed by atoms with Crippen LogP contribution in [0.4, 0.5) is 4.79 Å². The molecule has 1 rings (SSSR count). The van der Waals surface area contributed by atoms with Gasteiger partial charge in [-0.05, 0) is 5.56 Å². The molecule has 0 aromatic heterocycles. The van der Waals surface area contributed by atoms with Crippen molar-refractivity contribution in [1.29, 1.82) is 0 Å². The molecule has 1 aromatic carbocycles. The van der Waals surface area contributed by atoms with Crippen LogP contribution in [0, 0.1) is 0 Å². The van der Waals surface area contributed by atoms with Crippen LogP contribution in [0.3, 0.4) is 0 Å². The third-order valence-electron chi connectivity index (χ3n) is 1.27. The number of thiol groups is 1. The van der Waals surface area contributed by atoms with Crippen molar-refractivity contribution in [2.75, 3.05) is 0 Å². The Morgan fingerprint density at radius 1 is 1.33 bits per heavy atom. The number of hydrogen-bond donors (Lipinski definition) is 1. The van der Waals surface area contributed by atoms with Gasteiger partial charge in [0.05, 0.1) is 0 Å². The van der Waals surface area contributed by atoms with Crippen LogP contribution in [-0.4, -0.2) is 6.16 Å². The molecule has 0 amide bonds. The average molecular weight is 184 g/mol. The molecule has 0 saturated heterocycles. The predicted molar refractivity (Wildman–Crippen MR) is 46.7 cm³/mol. The van der Waals surface area contributed by atoms with Crippen LogP contribution >= 0.6 is 12.9 Å². The topological polar surface area (TPSA) is 35.5 Å². The third kappa shape index (κ3) is 2.84. The van der Waals surface area contributed by atoms with Crippen molar-refractivity contribution in [2.24, 2.45) is 0 Å². The molecule has 64 valence electrons. The van der Waals surface area contributed by atoms with Crippen molar-refractivity contribution in [3.63, 3.8) is 0 Å². The van der Waals surface area contributed by atoms with Gasteiger partial charge in [-0.2, -0.15) is 0 Å². The van der Waals surface area contributed by atoms with Crippen molar-refractivity contribution in [1.82, 2.24) is 0 Å². The van der Waals surface area contributed by atoms with Crippen molar-refractivity contribution < 1.29 is 13.7 Å². The van der Waals surface area contributed by atoms with Gasteiger partial charge in [-0.15, -0.1) is 0 Å². The highest BCUT2D eigenvalue weighted by atomic mass is 32.1. The quantitative estimate of drug-likeness (QED) is 0.434. The number of hydrogen-bond acceptors (Lipinski definition) is 4. The summed E-state index contributed by atoms with van der Waals surface area (Å²) in [6.45, 7) is 0.209. The normalized spacial score (nSPS) is 9.08. The number of ether oxygens (including phenoxy) is 1. The molecule has 12 heavy (non-hydrogen) atoms. The SMILES string of the molecule is O=C(OS)OCc1ccccc1. The second kappa shape index (κ2) is 4.66. The lowest BCUT2D eigenvalue weighted by Crippen LogP contribution is -2.01. The molecule has 4 heteroatoms. The molecule has 0 N–H and O–H groups in total. The smallest absolute Gasteiger partial charge is 0.429 e. The van der Waals surface area contributed by atoms with Crippen LogP contribution in [0.15, 0.2) is 30.3 Å². The van der Waals surface area contributed by atoms with Gasteiger partial charge in [0.1, 0.15) is 6.61 Å². The number of benzene rings is 1. The maximum absolute atomic E-state index is 10.5. The van der Waals surface area contributed by atoms with Gasteiger partial charge in [0, 0.05) is 12.9 Å². The fourth-order valence-corrected chi connectivity index (χ4v) is 0.796. The Morgan fingerprint density at radius 2 is 2.00 bits per heavy atom. The summed E-state index contributed by atoms with van der Waals surface area (Å²) < 4.78 is 8.64. The predicted octanol–water partition coefficient (Wildman–Crippen LogP) is 2.18. The summed E-state index contributed by atoms with van der Waals surface area (Å²) in [6, 6.07) is 9.33. The first-order valence-corrected chi connectivity index (χ1v) is 3.71. The molecular weight excluding hydrogens is 176 g/mol. The molecule has 0 bridgehead atoms. The van der Waals surface area contributed by atoms with Crippen molar-refractivity contribution >= 4 is 19.1 Å². The van der Waals surface area contributed by atoms with E-state index in [1.807, 2.05) is 30.3 Å². The van der Waals surface area contributed by atoms with Gasteiger partial charge in [-0.3, -0.25) is 0 Å². The van der Waals surface area contributed by atoms with Crippen LogP contribution in [0.25, 0.3) is 0 Å². The van der Waals surface area contributed by atoms with E-state index < -0.39 is 6.16 Å². The highest BCUT2D eigenvalue weighted by Gasteiger charge is 2.00. The first-order chi connectivity index (χ1) is 5.83. The molecule has 1 aromatic rings. The van der Waals surface area contributed by atoms with E-state index in [0.29, 0.717) is 0 Å². The second-order valence-electron chi connectivity index (χ2n) is 2.12. The van der Waals surface area contributed by atoms with Crippen LogP contribution in [0.5, 0.6) is 0 Å². The fraction of sp³-hybridized carbons (Fsp3) is 0.125. The molecule has 0 aliphatic heterocycles. The number of rotatable bonds is 2. The molecule has 0 atom stereocenters. The number of carbonyl (C=O) groups is 1. The maximum Gasteiger partial charge on any atom is 0.520 e. The first kappa shape index (κ1) is 8.93. The largest absolute Gasteiger partial charge is 0.520 e. The molecular formula is C8H8O3S. The van der Waals surface area contributed by atoms with Crippen LogP contribution in [0.2, 0.25) is 0 Å². The molecule has 0 heterocycles. The fourth-order valence-electron chi connectivity index (χ4n) is 0.743. The van der Waals surface area contributed by atoms with E-state index in [1.54, 1.807) is 0 Å². The minimum atomic E-state index is -0.790. The van der Waals surface area contributed by atoms with Crippen LogP contribution in [0.1, 0.15) is 5.56 Å². The van der Waals surface area contributed by atoms with E-state index in [2.05, 4.69) is 21.8 Å². The zero-order valence-corrected chi connectivity index (χ0v) is 7.16. The van der Waals surface area contributed by atoms with Gasteiger partial charge in [0.15, 0.2) is 0 Å². The Kier molecular flexibility index (Phi) is 3.47. The highest BCUT2D eigenvalue weighted by Crippen LogP contribution is 2.01. The lowest BCUT2D eigenvalue weighted by Gasteiger charge is -2.00. The monoisotopic (exact) mass is 184 g/mol. The summed E-state index contributed by atoms with van der Waals surface area (Å²) in [5.41, 5.74) is 0.913. The van der Waals surface area contributed by atoms with Crippen LogP contribution < -0.4 is 0 Å². The standard InChI is InChI=1S/C8H8O3S/c9-8(11-12)10-6-7-4-2-1-3-5-7/h1-5,12H,6H2. The van der Waals surface area contributed by atoms with Crippen molar-refractivity contribution in [3.8, 4) is 0 Å². The third-order valence-corrected chi connectivity index (χ3v) is 1.42. The maximum atomic E-state index is 10.5. The zero-order valence-electron chi connectivity index (χ0n) is 6.27. The molecule has 0 spiro atoms. The van der Waals surface area contributed by atoms with Gasteiger partial charge >= 0.3 is 6.16 Å². The lowest BCUT2D eigenvalue weighted by molar-refractivity contribution is 0.101. The summed E-state index contributed by atoms with van der Waals surface area (Å²) in [4.78, 5) is 10.5. The van der Waals surface area contributed by atoms with Crippen LogP contribution in [-0.2, 0) is 15.5 Å². The molecule has 0 aliphatic rings. The summed E-state index contributed by atoms with van der Waals surface area (Å²) in [7, 11) is 0. The zero-order chi connectivity index (χ0) is 8.81. The van der Waals surface area contributed by atoms with E-state index in [1.165, 1.54) is 0 Å². The number of carbonyl (C=O) groups excluding carboxylic acids is 1. The van der Waals surface area contributed by atoms with E-state index in [0.717, 1.165) is 5.56 Å². The van der Waals surface area contributed by atoms with E-state index in [-0.39, 0.29) is 6.61 Å². The summed E-state index contributed by atoms with van der Waals surface area (Å²) in [5.74, 6) is 0. The van der Waals surface area contributed by atoms with Crippen molar-refractivity contribution in [3.05, 3.63) is 35.9 Å². The Bertz CT molecular complexity index is 248. The Labute approximate surface area is 75.9 Å². The second-order valence-corrected chi connectivity index (χ2v) is 2.30. The van der Waals surface area contributed by atoms with E-state index in [4.69, 9.17) is 0 Å². The van der Waals surface area contributed by atoms with Gasteiger partial charge < -0.3 is 8.92 Å². The average Bonchev–Trinajstić information content (AvgIpc) is 2.16. The molecule has 0 fully saturated rings. The van der Waals surface area contributed by atoms with Crippen molar-refractivity contribution in [2.45, 2.75) is 6.61 Å². The Morgan fingerprint density at radius 3 is 2.58 bits per heavy atom. The minimum absolute atomic E-state index is 0.209. The van der Waals surface area contributed by atoms with Gasteiger partial charge in [-0.1, -0.05) is 30.3 Å². The molecule has 0 saturated carbocycles. The molecule has 0 radical (unpaired) electrons. The van der Waals surface area contributed by atoms with E-state index >= 15 is 0 Å². The molecule has 0 aliphatic carbocycles. The molecule has 3 nitrogen and oxygen atoms in total. The van der Waals surface area contributed by atoms with Gasteiger partial charge in [-0.25, -0.2) is 4.79 Å². The Balaban J connectivity index is 2.38. The lowest BCUT2D eigenvalue weighted by atomic mass is 10.2. The minimum Gasteiger partial charge on any atom is -0.429 e. The van der Waals surface area contributed by atoms with E-state index in [9.17, 15) is 4.79 Å². The van der Waals surface area contributed by atoms with Gasteiger partial charge in [0.25, 0.3) is 0 Å². The molecule has 0 unspecified atom stereocenters. The summed E-state index contributed by atoms with van der Waals surface area (Å²) in [6.07, 6.45) is -0.790. The Hall–Kier alpha value is -1.16. The van der Waals surface area contributed by atoms with Gasteiger partial charge in [0.2, 0.25) is 0 Å². The summed E-state index contributed by atoms with van der Waals surface area (Å²) >= 11 is 3.29. The first-order valence-electron chi connectivity index (χ1n) is 3.35.